The molecule has 1 aliphatic rings. The van der Waals surface area contributed by atoms with Crippen LogP contribution in [0.3, 0.4) is 0 Å². The number of hydrogen-bond acceptors (Lipinski definition) is 2. The van der Waals surface area contributed by atoms with Gasteiger partial charge >= 0.3 is 6.18 Å². The van der Waals surface area contributed by atoms with Crippen LogP contribution in [-0.4, -0.2) is 31.0 Å². The zero-order valence-electron chi connectivity index (χ0n) is 15.1. The number of ether oxygens (including phenoxy) is 1. The minimum absolute atomic E-state index is 0.265. The minimum Gasteiger partial charge on any atom is -0.497 e. The van der Waals surface area contributed by atoms with E-state index in [1.165, 1.54) is 28.7 Å². The van der Waals surface area contributed by atoms with Crippen molar-refractivity contribution in [2.24, 2.45) is 5.92 Å². The lowest BCUT2D eigenvalue weighted by atomic mass is 9.89. The molecule has 3 nitrogen and oxygen atoms in total. The molecule has 0 atom stereocenters. The van der Waals surface area contributed by atoms with Crippen LogP contribution in [-0.2, 0) is 12.6 Å². The normalized spacial score (nSPS) is 15.6. The molecule has 1 aliphatic heterocycles. The highest BCUT2D eigenvalue weighted by molar-refractivity contribution is 5.96. The molecule has 1 heterocycles. The fourth-order valence-corrected chi connectivity index (χ4v) is 3.52. The van der Waals surface area contributed by atoms with Gasteiger partial charge in [-0.05, 0) is 55.0 Å². The second-order valence-corrected chi connectivity index (χ2v) is 6.83. The third-order valence-corrected chi connectivity index (χ3v) is 5.05. The van der Waals surface area contributed by atoms with Crippen molar-refractivity contribution in [2.45, 2.75) is 25.4 Å². The number of likely N-dealkylation sites (tertiary alicyclic amines) is 1. The van der Waals surface area contributed by atoms with E-state index >= 15 is 0 Å². The number of carbonyl (C=O) groups is 1. The van der Waals surface area contributed by atoms with Crippen LogP contribution in [0.2, 0.25) is 0 Å². The van der Waals surface area contributed by atoms with E-state index in [9.17, 15) is 18.0 Å². The number of methoxy groups -OCH3 is 1. The van der Waals surface area contributed by atoms with Gasteiger partial charge in [0.15, 0.2) is 0 Å². The van der Waals surface area contributed by atoms with Crippen LogP contribution >= 0.6 is 0 Å². The van der Waals surface area contributed by atoms with Gasteiger partial charge in [0.25, 0.3) is 5.91 Å². The van der Waals surface area contributed by atoms with Crippen LogP contribution in [0.25, 0.3) is 0 Å². The topological polar surface area (TPSA) is 29.5 Å². The van der Waals surface area contributed by atoms with E-state index in [1.807, 2.05) is 24.3 Å². The molecule has 0 radical (unpaired) electrons. The van der Waals surface area contributed by atoms with Gasteiger partial charge < -0.3 is 9.64 Å². The molecule has 0 N–H and O–H groups in total. The predicted octanol–water partition coefficient (Wildman–Crippen LogP) is 4.81. The van der Waals surface area contributed by atoms with Crippen molar-refractivity contribution in [3.63, 3.8) is 0 Å². The van der Waals surface area contributed by atoms with Crippen LogP contribution in [0.4, 0.5) is 13.2 Å². The number of nitrogens with zero attached hydrogens (tertiary/aromatic N) is 1. The quantitative estimate of drug-likeness (QED) is 0.765. The van der Waals surface area contributed by atoms with Crippen molar-refractivity contribution in [1.82, 2.24) is 4.90 Å². The number of alkyl halides is 3. The zero-order chi connectivity index (χ0) is 19.4. The lowest BCUT2D eigenvalue weighted by Gasteiger charge is -2.32. The second-order valence-electron chi connectivity index (χ2n) is 6.83. The summed E-state index contributed by atoms with van der Waals surface area (Å²) in [6.45, 7) is 0.956. The molecule has 0 saturated carbocycles. The molecule has 0 bridgehead atoms. The molecule has 144 valence electrons. The molecule has 1 amide bonds. The number of halogens is 3. The third kappa shape index (κ3) is 4.62. The maximum atomic E-state index is 13.2. The maximum absolute atomic E-state index is 13.2. The molecule has 2 aromatic carbocycles. The Morgan fingerprint density at radius 3 is 2.30 bits per heavy atom. The third-order valence-electron chi connectivity index (χ3n) is 5.05. The monoisotopic (exact) mass is 377 g/mol. The molecule has 0 aliphatic carbocycles. The van der Waals surface area contributed by atoms with E-state index in [0.29, 0.717) is 19.0 Å². The van der Waals surface area contributed by atoms with Gasteiger partial charge in [-0.1, -0.05) is 24.3 Å². The lowest BCUT2D eigenvalue weighted by Crippen LogP contribution is -2.39. The summed E-state index contributed by atoms with van der Waals surface area (Å²) in [5.41, 5.74) is 0.0666. The molecule has 3 rings (SSSR count). The van der Waals surface area contributed by atoms with Crippen LogP contribution < -0.4 is 4.74 Å². The maximum Gasteiger partial charge on any atom is 0.417 e. The number of piperidine rings is 1. The van der Waals surface area contributed by atoms with Gasteiger partial charge in [0.2, 0.25) is 0 Å². The Labute approximate surface area is 156 Å². The van der Waals surface area contributed by atoms with E-state index in [4.69, 9.17) is 4.74 Å². The number of hydrogen-bond donors (Lipinski definition) is 0. The van der Waals surface area contributed by atoms with E-state index in [-0.39, 0.29) is 5.56 Å². The van der Waals surface area contributed by atoms with Crippen molar-refractivity contribution in [3.8, 4) is 5.75 Å². The van der Waals surface area contributed by atoms with Crippen LogP contribution in [0, 0.1) is 5.92 Å². The Hall–Kier alpha value is -2.50. The minimum atomic E-state index is -4.53. The van der Waals surface area contributed by atoms with Crippen molar-refractivity contribution in [2.75, 3.05) is 20.2 Å². The molecule has 27 heavy (non-hydrogen) atoms. The Morgan fingerprint density at radius 2 is 1.70 bits per heavy atom. The summed E-state index contributed by atoms with van der Waals surface area (Å²) in [4.78, 5) is 14.2. The average Bonchev–Trinajstić information content (AvgIpc) is 2.68. The predicted molar refractivity (Wildman–Crippen MR) is 96.8 cm³/mol. The van der Waals surface area contributed by atoms with Gasteiger partial charge in [-0.15, -0.1) is 0 Å². The average molecular weight is 377 g/mol. The highest BCUT2D eigenvalue weighted by Gasteiger charge is 2.36. The Kier molecular flexibility index (Phi) is 5.73. The van der Waals surface area contributed by atoms with Crippen molar-refractivity contribution < 1.29 is 22.7 Å². The molecule has 6 heteroatoms. The largest absolute Gasteiger partial charge is 0.497 e. The van der Waals surface area contributed by atoms with Gasteiger partial charge in [0.1, 0.15) is 5.75 Å². The molecule has 0 aromatic heterocycles. The molecule has 0 unspecified atom stereocenters. The number of carbonyl (C=O) groups excluding carboxylic acids is 1. The van der Waals surface area contributed by atoms with Gasteiger partial charge in [0.05, 0.1) is 18.2 Å². The Balaban J connectivity index is 1.61. The van der Waals surface area contributed by atoms with Crippen LogP contribution in [0.15, 0.2) is 48.5 Å². The Morgan fingerprint density at radius 1 is 1.07 bits per heavy atom. The summed E-state index contributed by atoms with van der Waals surface area (Å²) in [5.74, 6) is 0.689. The summed E-state index contributed by atoms with van der Waals surface area (Å²) in [6.07, 6.45) is -2.07. The van der Waals surface area contributed by atoms with Crippen molar-refractivity contribution in [1.29, 1.82) is 0 Å². The van der Waals surface area contributed by atoms with Crippen LogP contribution in [0.5, 0.6) is 5.75 Å². The first-order valence-corrected chi connectivity index (χ1v) is 8.97. The second kappa shape index (κ2) is 8.03. The Bertz CT molecular complexity index is 779. The molecule has 2 aromatic rings. The van der Waals surface area contributed by atoms with Gasteiger partial charge in [0, 0.05) is 13.1 Å². The fraction of sp³-hybridized carbons (Fsp3) is 0.381. The summed E-state index contributed by atoms with van der Waals surface area (Å²) >= 11 is 0. The van der Waals surface area contributed by atoms with Crippen molar-refractivity contribution in [3.05, 3.63) is 65.2 Å². The molecular weight excluding hydrogens is 355 g/mol. The number of rotatable bonds is 4. The number of amides is 1. The first-order chi connectivity index (χ1) is 12.9. The summed E-state index contributed by atoms with van der Waals surface area (Å²) in [6, 6.07) is 12.9. The van der Waals surface area contributed by atoms with E-state index in [2.05, 4.69) is 0 Å². The van der Waals surface area contributed by atoms with Crippen molar-refractivity contribution >= 4 is 5.91 Å². The standard InChI is InChI=1S/C21H22F3NO2/c1-27-17-8-6-15(7-9-17)14-16-10-12-25(13-11-16)20(26)18-4-2-3-5-19(18)21(22,23)24/h2-9,16H,10-14H2,1H3. The molecular formula is C21H22F3NO2. The highest BCUT2D eigenvalue weighted by Crippen LogP contribution is 2.33. The van der Waals surface area contributed by atoms with Gasteiger partial charge in [-0.3, -0.25) is 4.79 Å². The lowest BCUT2D eigenvalue weighted by molar-refractivity contribution is -0.138. The SMILES string of the molecule is COc1ccc(CC2CCN(C(=O)c3ccccc3C(F)(F)F)CC2)cc1. The first kappa shape index (κ1) is 19.3. The highest BCUT2D eigenvalue weighted by atomic mass is 19.4. The number of benzene rings is 2. The molecule has 1 saturated heterocycles. The van der Waals surface area contributed by atoms with Gasteiger partial charge in [-0.25, -0.2) is 0 Å². The smallest absolute Gasteiger partial charge is 0.417 e. The zero-order valence-corrected chi connectivity index (χ0v) is 15.1. The summed E-state index contributed by atoms with van der Waals surface area (Å²) in [7, 11) is 1.62. The summed E-state index contributed by atoms with van der Waals surface area (Å²) in [5, 5.41) is 0. The molecule has 1 fully saturated rings. The summed E-state index contributed by atoms with van der Waals surface area (Å²) < 4.78 is 44.6. The first-order valence-electron chi connectivity index (χ1n) is 8.97. The van der Waals surface area contributed by atoms with E-state index in [0.717, 1.165) is 31.1 Å². The molecule has 0 spiro atoms. The fourth-order valence-electron chi connectivity index (χ4n) is 3.52. The van der Waals surface area contributed by atoms with E-state index in [1.54, 1.807) is 7.11 Å². The van der Waals surface area contributed by atoms with E-state index < -0.39 is 17.6 Å². The van der Waals surface area contributed by atoms with Gasteiger partial charge in [-0.2, -0.15) is 13.2 Å². The van der Waals surface area contributed by atoms with Crippen LogP contribution in [0.1, 0.15) is 34.3 Å².